The van der Waals surface area contributed by atoms with Crippen LogP contribution in [0.1, 0.15) is 39.9 Å². The first-order valence-electron chi connectivity index (χ1n) is 6.56. The highest BCUT2D eigenvalue weighted by Gasteiger charge is 2.31. The Morgan fingerprint density at radius 3 is 3.20 bits per heavy atom. The fourth-order valence-corrected chi connectivity index (χ4v) is 4.01. The van der Waals surface area contributed by atoms with Gasteiger partial charge < -0.3 is 9.64 Å². The summed E-state index contributed by atoms with van der Waals surface area (Å²) in [5.41, 5.74) is 1.79. The van der Waals surface area contributed by atoms with Gasteiger partial charge in [0.05, 0.1) is 12.6 Å². The van der Waals surface area contributed by atoms with Crippen molar-refractivity contribution < 1.29 is 9.53 Å². The second kappa shape index (κ2) is 6.03. The lowest BCUT2D eigenvalue weighted by atomic mass is 10.1. The van der Waals surface area contributed by atoms with Crippen LogP contribution in [0.15, 0.2) is 22.2 Å². The van der Waals surface area contributed by atoms with Gasteiger partial charge >= 0.3 is 0 Å². The Hall–Kier alpha value is -1.24. The first-order chi connectivity index (χ1) is 9.79. The summed E-state index contributed by atoms with van der Waals surface area (Å²) in [5.74, 6) is 0.0392. The van der Waals surface area contributed by atoms with Crippen molar-refractivity contribution in [3.05, 3.63) is 38.5 Å². The molecule has 3 heterocycles. The smallest absolute Gasteiger partial charge is 0.273 e. The maximum absolute atomic E-state index is 12.6. The highest BCUT2D eigenvalue weighted by atomic mass is 32.1. The predicted molar refractivity (Wildman–Crippen MR) is 80.2 cm³/mol. The summed E-state index contributed by atoms with van der Waals surface area (Å²) in [6.45, 7) is 1.28. The number of rotatable bonds is 4. The molecule has 0 bridgehead atoms. The molecule has 4 nitrogen and oxygen atoms in total. The normalized spacial score (nSPS) is 18.6. The monoisotopic (exact) mass is 308 g/mol. The third-order valence-corrected chi connectivity index (χ3v) is 5.00. The van der Waals surface area contributed by atoms with E-state index in [1.54, 1.807) is 18.4 Å². The molecule has 2 aromatic rings. The van der Waals surface area contributed by atoms with Gasteiger partial charge in [-0.25, -0.2) is 4.98 Å². The number of thiazole rings is 1. The molecule has 0 aromatic carbocycles. The van der Waals surface area contributed by atoms with Crippen molar-refractivity contribution in [2.45, 2.75) is 25.5 Å². The third-order valence-electron chi connectivity index (χ3n) is 3.48. The zero-order chi connectivity index (χ0) is 13.9. The van der Waals surface area contributed by atoms with Gasteiger partial charge in [0.2, 0.25) is 0 Å². The highest BCUT2D eigenvalue weighted by molar-refractivity contribution is 7.09. The van der Waals surface area contributed by atoms with E-state index < -0.39 is 0 Å². The van der Waals surface area contributed by atoms with E-state index >= 15 is 0 Å². The maximum atomic E-state index is 12.6. The van der Waals surface area contributed by atoms with E-state index in [0.29, 0.717) is 12.3 Å². The number of methoxy groups -OCH3 is 1. The molecule has 1 saturated heterocycles. The Bertz CT molecular complexity index is 580. The van der Waals surface area contributed by atoms with Crippen LogP contribution >= 0.6 is 22.7 Å². The SMILES string of the molecule is COCc1nc(C(=O)N2CCCC2c2ccsc2)cs1. The maximum Gasteiger partial charge on any atom is 0.273 e. The van der Waals surface area contributed by atoms with Crippen LogP contribution in [0.25, 0.3) is 0 Å². The zero-order valence-electron chi connectivity index (χ0n) is 11.2. The van der Waals surface area contributed by atoms with Gasteiger partial charge in [-0.15, -0.1) is 11.3 Å². The molecule has 0 spiro atoms. The molecule has 20 heavy (non-hydrogen) atoms. The highest BCUT2D eigenvalue weighted by Crippen LogP contribution is 2.34. The van der Waals surface area contributed by atoms with Crippen LogP contribution in [0, 0.1) is 0 Å². The van der Waals surface area contributed by atoms with Gasteiger partial charge in [0.1, 0.15) is 10.7 Å². The molecule has 6 heteroatoms. The van der Waals surface area contributed by atoms with Crippen molar-refractivity contribution in [3.63, 3.8) is 0 Å². The molecule has 0 radical (unpaired) electrons. The average molecular weight is 308 g/mol. The summed E-state index contributed by atoms with van der Waals surface area (Å²) in [6, 6.07) is 2.32. The molecule has 1 fully saturated rings. The summed E-state index contributed by atoms with van der Waals surface area (Å²) in [7, 11) is 1.63. The molecular formula is C14H16N2O2S2. The number of hydrogen-bond donors (Lipinski definition) is 0. The summed E-state index contributed by atoms with van der Waals surface area (Å²) in [6.07, 6.45) is 2.10. The van der Waals surface area contributed by atoms with E-state index in [0.717, 1.165) is 24.4 Å². The lowest BCUT2D eigenvalue weighted by Crippen LogP contribution is -2.30. The Balaban J connectivity index is 1.78. The molecule has 1 aliphatic rings. The van der Waals surface area contributed by atoms with Crippen molar-refractivity contribution in [3.8, 4) is 0 Å². The van der Waals surface area contributed by atoms with E-state index in [-0.39, 0.29) is 11.9 Å². The summed E-state index contributed by atoms with van der Waals surface area (Å²) < 4.78 is 5.05. The number of nitrogens with zero attached hydrogens (tertiary/aromatic N) is 2. The fraction of sp³-hybridized carbons (Fsp3) is 0.429. The molecule has 3 rings (SSSR count). The second-order valence-corrected chi connectivity index (χ2v) is 6.50. The number of amides is 1. The molecule has 1 unspecified atom stereocenters. The second-order valence-electron chi connectivity index (χ2n) is 4.77. The van der Waals surface area contributed by atoms with Gasteiger partial charge in [-0.05, 0) is 35.2 Å². The first kappa shape index (κ1) is 13.7. The number of carbonyl (C=O) groups excluding carboxylic acids is 1. The molecule has 1 atom stereocenters. The Morgan fingerprint density at radius 1 is 1.55 bits per heavy atom. The van der Waals surface area contributed by atoms with Crippen LogP contribution in [0.5, 0.6) is 0 Å². The van der Waals surface area contributed by atoms with Crippen LogP contribution in [-0.4, -0.2) is 29.4 Å². The number of thiophene rings is 1. The van der Waals surface area contributed by atoms with Crippen molar-refractivity contribution >= 4 is 28.6 Å². The third kappa shape index (κ3) is 2.63. The van der Waals surface area contributed by atoms with E-state index in [1.165, 1.54) is 16.9 Å². The van der Waals surface area contributed by atoms with E-state index in [1.807, 2.05) is 10.3 Å². The fourth-order valence-electron chi connectivity index (χ4n) is 2.57. The number of aromatic nitrogens is 1. The lowest BCUT2D eigenvalue weighted by molar-refractivity contribution is 0.0730. The molecule has 0 saturated carbocycles. The number of likely N-dealkylation sites (tertiary alicyclic amines) is 1. The Kier molecular flexibility index (Phi) is 4.14. The molecule has 1 aliphatic heterocycles. The Labute approximate surface area is 126 Å². The van der Waals surface area contributed by atoms with Crippen LogP contribution in [-0.2, 0) is 11.3 Å². The van der Waals surface area contributed by atoms with Crippen molar-refractivity contribution in [2.24, 2.45) is 0 Å². The zero-order valence-corrected chi connectivity index (χ0v) is 12.9. The quantitative estimate of drug-likeness (QED) is 0.870. The number of carbonyl (C=O) groups is 1. The lowest BCUT2D eigenvalue weighted by Gasteiger charge is -2.23. The molecule has 0 aliphatic carbocycles. The van der Waals surface area contributed by atoms with Crippen LogP contribution in [0.2, 0.25) is 0 Å². The molecule has 106 valence electrons. The van der Waals surface area contributed by atoms with Gasteiger partial charge in [0.25, 0.3) is 5.91 Å². The molecule has 1 amide bonds. The van der Waals surface area contributed by atoms with Gasteiger partial charge in [-0.3, -0.25) is 4.79 Å². The van der Waals surface area contributed by atoms with Crippen molar-refractivity contribution in [1.82, 2.24) is 9.88 Å². The van der Waals surface area contributed by atoms with E-state index in [2.05, 4.69) is 21.8 Å². The first-order valence-corrected chi connectivity index (χ1v) is 8.38. The predicted octanol–water partition coefficient (Wildman–Crippen LogP) is 3.33. The van der Waals surface area contributed by atoms with Gasteiger partial charge in [0, 0.05) is 19.0 Å². The van der Waals surface area contributed by atoms with Crippen LogP contribution in [0.4, 0.5) is 0 Å². The number of hydrogen-bond acceptors (Lipinski definition) is 5. The minimum Gasteiger partial charge on any atom is -0.378 e. The van der Waals surface area contributed by atoms with E-state index in [9.17, 15) is 4.79 Å². The van der Waals surface area contributed by atoms with Crippen molar-refractivity contribution in [2.75, 3.05) is 13.7 Å². The standard InChI is InChI=1S/C14H16N2O2S2/c1-18-7-13-15-11(9-20-13)14(17)16-5-2-3-12(16)10-4-6-19-8-10/h4,6,8-9,12H,2-3,5,7H2,1H3. The van der Waals surface area contributed by atoms with Crippen LogP contribution < -0.4 is 0 Å². The molecule has 0 N–H and O–H groups in total. The molecular weight excluding hydrogens is 292 g/mol. The minimum atomic E-state index is 0.0392. The van der Waals surface area contributed by atoms with Gasteiger partial charge in [-0.1, -0.05) is 0 Å². The minimum absolute atomic E-state index is 0.0392. The average Bonchev–Trinajstić information content (AvgIpc) is 3.19. The Morgan fingerprint density at radius 2 is 2.45 bits per heavy atom. The topological polar surface area (TPSA) is 42.4 Å². The summed E-state index contributed by atoms with van der Waals surface area (Å²) in [5, 5.41) is 6.88. The largest absolute Gasteiger partial charge is 0.378 e. The molecule has 2 aromatic heterocycles. The summed E-state index contributed by atoms with van der Waals surface area (Å²) >= 11 is 3.16. The summed E-state index contributed by atoms with van der Waals surface area (Å²) in [4.78, 5) is 18.9. The van der Waals surface area contributed by atoms with Gasteiger partial charge in [-0.2, -0.15) is 11.3 Å². The van der Waals surface area contributed by atoms with Crippen molar-refractivity contribution in [1.29, 1.82) is 0 Å². The number of ether oxygens (including phenoxy) is 1. The van der Waals surface area contributed by atoms with Crippen LogP contribution in [0.3, 0.4) is 0 Å². The van der Waals surface area contributed by atoms with E-state index in [4.69, 9.17) is 4.74 Å². The van der Waals surface area contributed by atoms with Gasteiger partial charge in [0.15, 0.2) is 0 Å².